The summed E-state index contributed by atoms with van der Waals surface area (Å²) in [5, 5.41) is 3.54. The number of amides is 1. The molecule has 0 saturated carbocycles. The smallest absolute Gasteiger partial charge is 0.230 e. The number of thioether (sulfide) groups is 1. The highest BCUT2D eigenvalue weighted by molar-refractivity contribution is 7.99. The molecule has 2 rings (SSSR count). The Morgan fingerprint density at radius 1 is 1.23 bits per heavy atom. The van der Waals surface area contributed by atoms with Crippen molar-refractivity contribution in [2.45, 2.75) is 31.8 Å². The van der Waals surface area contributed by atoms with E-state index in [1.54, 1.807) is 0 Å². The minimum absolute atomic E-state index is 0.0322. The van der Waals surface area contributed by atoms with Gasteiger partial charge in [0.2, 0.25) is 5.91 Å². The number of carbonyl (C=O) groups is 1. The number of unbranched alkanes of at least 4 members (excludes halogenated alkanes) is 1. The molecule has 2 aromatic rings. The molecule has 0 atom stereocenters. The van der Waals surface area contributed by atoms with Gasteiger partial charge in [-0.1, -0.05) is 55.4 Å². The van der Waals surface area contributed by atoms with Crippen molar-refractivity contribution in [3.63, 3.8) is 0 Å². The third-order valence-electron chi connectivity index (χ3n) is 3.09. The number of benzene rings is 1. The molecule has 4 nitrogen and oxygen atoms in total. The summed E-state index contributed by atoms with van der Waals surface area (Å²) in [4.78, 5) is 20.7. The van der Waals surface area contributed by atoms with Gasteiger partial charge in [-0.25, -0.2) is 9.97 Å². The third-order valence-corrected chi connectivity index (χ3v) is 3.94. The third kappa shape index (κ3) is 5.15. The van der Waals surface area contributed by atoms with E-state index >= 15 is 0 Å². The molecule has 1 aromatic carbocycles. The molecule has 0 aliphatic carbocycles. The van der Waals surface area contributed by atoms with Crippen LogP contribution in [0.4, 0.5) is 0 Å². The number of nitrogens with zero attached hydrogens (tertiary/aromatic N) is 2. The van der Waals surface area contributed by atoms with Crippen molar-refractivity contribution in [2.24, 2.45) is 0 Å². The summed E-state index contributed by atoms with van der Waals surface area (Å²) < 4.78 is 0. The molecule has 0 radical (unpaired) electrons. The summed E-state index contributed by atoms with van der Waals surface area (Å²) in [5.74, 6) is 0.381. The van der Waals surface area contributed by atoms with Gasteiger partial charge in [-0.2, -0.15) is 0 Å². The molecule has 1 aromatic heterocycles. The SMILES string of the molecule is CCCCNC(=O)CSc1nc(C)cc(-c2ccccc2)n1. The average molecular weight is 315 g/mol. The zero-order valence-corrected chi connectivity index (χ0v) is 13.8. The Hall–Kier alpha value is -1.88. The molecule has 0 aliphatic heterocycles. The van der Waals surface area contributed by atoms with E-state index in [4.69, 9.17) is 0 Å². The summed E-state index contributed by atoms with van der Waals surface area (Å²) in [6.45, 7) is 4.78. The highest BCUT2D eigenvalue weighted by Crippen LogP contribution is 2.21. The molecular weight excluding hydrogens is 294 g/mol. The molecule has 0 fully saturated rings. The Bertz CT molecular complexity index is 617. The van der Waals surface area contributed by atoms with Gasteiger partial charge >= 0.3 is 0 Å². The minimum Gasteiger partial charge on any atom is -0.355 e. The van der Waals surface area contributed by atoms with Gasteiger partial charge in [0.25, 0.3) is 0 Å². The lowest BCUT2D eigenvalue weighted by atomic mass is 10.1. The van der Waals surface area contributed by atoms with Crippen LogP contribution in [0.3, 0.4) is 0 Å². The summed E-state index contributed by atoms with van der Waals surface area (Å²) >= 11 is 1.38. The van der Waals surface area contributed by atoms with E-state index in [0.717, 1.165) is 36.3 Å². The first-order chi connectivity index (χ1) is 10.7. The number of nitrogens with one attached hydrogen (secondary N) is 1. The van der Waals surface area contributed by atoms with Crippen LogP contribution in [0.2, 0.25) is 0 Å². The van der Waals surface area contributed by atoms with Gasteiger partial charge in [0.05, 0.1) is 11.4 Å². The quantitative estimate of drug-likeness (QED) is 0.483. The zero-order chi connectivity index (χ0) is 15.8. The number of aryl methyl sites for hydroxylation is 1. The van der Waals surface area contributed by atoms with Crippen molar-refractivity contribution in [3.05, 3.63) is 42.1 Å². The van der Waals surface area contributed by atoms with Gasteiger partial charge in [0, 0.05) is 17.8 Å². The molecular formula is C17H21N3OS. The van der Waals surface area contributed by atoms with Gasteiger partial charge in [-0.3, -0.25) is 4.79 Å². The van der Waals surface area contributed by atoms with Crippen LogP contribution in [-0.2, 0) is 4.79 Å². The fraction of sp³-hybridized carbons (Fsp3) is 0.353. The fourth-order valence-corrected chi connectivity index (χ4v) is 2.68. The number of rotatable bonds is 7. The van der Waals surface area contributed by atoms with Crippen LogP contribution in [0.25, 0.3) is 11.3 Å². The Kier molecular flexibility index (Phi) is 6.40. The van der Waals surface area contributed by atoms with Crippen LogP contribution >= 0.6 is 11.8 Å². The van der Waals surface area contributed by atoms with Crippen molar-refractivity contribution >= 4 is 17.7 Å². The van der Waals surface area contributed by atoms with E-state index in [1.165, 1.54) is 11.8 Å². The minimum atomic E-state index is 0.0322. The Balaban J connectivity index is 2.00. The maximum atomic E-state index is 11.7. The van der Waals surface area contributed by atoms with E-state index < -0.39 is 0 Å². The van der Waals surface area contributed by atoms with E-state index in [2.05, 4.69) is 22.2 Å². The second-order valence-corrected chi connectivity index (χ2v) is 5.98. The number of carbonyl (C=O) groups excluding carboxylic acids is 1. The molecule has 1 amide bonds. The molecule has 0 spiro atoms. The van der Waals surface area contributed by atoms with E-state index in [9.17, 15) is 4.79 Å². The lowest BCUT2D eigenvalue weighted by molar-refractivity contribution is -0.118. The van der Waals surface area contributed by atoms with Crippen LogP contribution in [0.1, 0.15) is 25.5 Å². The molecule has 22 heavy (non-hydrogen) atoms. The van der Waals surface area contributed by atoms with Gasteiger partial charge in [-0.15, -0.1) is 0 Å². The normalized spacial score (nSPS) is 10.5. The first kappa shape index (κ1) is 16.5. The standard InChI is InChI=1S/C17H21N3OS/c1-3-4-10-18-16(21)12-22-17-19-13(2)11-15(20-17)14-8-6-5-7-9-14/h5-9,11H,3-4,10,12H2,1-2H3,(H,18,21). The Labute approximate surface area is 135 Å². The molecule has 0 saturated heterocycles. The summed E-state index contributed by atoms with van der Waals surface area (Å²) in [5.41, 5.74) is 2.85. The van der Waals surface area contributed by atoms with Gasteiger partial charge in [0.15, 0.2) is 5.16 Å². The van der Waals surface area contributed by atoms with Gasteiger partial charge in [-0.05, 0) is 19.4 Å². The molecule has 116 valence electrons. The van der Waals surface area contributed by atoms with Crippen molar-refractivity contribution in [3.8, 4) is 11.3 Å². The van der Waals surface area contributed by atoms with Crippen LogP contribution in [-0.4, -0.2) is 28.2 Å². The first-order valence-corrected chi connectivity index (χ1v) is 8.48. The van der Waals surface area contributed by atoms with Crippen molar-refractivity contribution in [2.75, 3.05) is 12.3 Å². The molecule has 0 unspecified atom stereocenters. The van der Waals surface area contributed by atoms with Gasteiger partial charge < -0.3 is 5.32 Å². The van der Waals surface area contributed by atoms with Crippen molar-refractivity contribution < 1.29 is 4.79 Å². The zero-order valence-electron chi connectivity index (χ0n) is 13.0. The molecule has 0 aliphatic rings. The summed E-state index contributed by atoms with van der Waals surface area (Å²) in [7, 11) is 0. The topological polar surface area (TPSA) is 54.9 Å². The van der Waals surface area contributed by atoms with Gasteiger partial charge in [0.1, 0.15) is 0 Å². The first-order valence-electron chi connectivity index (χ1n) is 7.49. The van der Waals surface area contributed by atoms with Crippen molar-refractivity contribution in [1.29, 1.82) is 0 Å². The lowest BCUT2D eigenvalue weighted by Gasteiger charge is -2.06. The van der Waals surface area contributed by atoms with Crippen LogP contribution in [0, 0.1) is 6.92 Å². The Morgan fingerprint density at radius 3 is 2.73 bits per heavy atom. The molecule has 1 N–H and O–H groups in total. The predicted octanol–water partition coefficient (Wildman–Crippen LogP) is 3.46. The van der Waals surface area contributed by atoms with Crippen molar-refractivity contribution in [1.82, 2.24) is 15.3 Å². The summed E-state index contributed by atoms with van der Waals surface area (Å²) in [6.07, 6.45) is 2.09. The largest absolute Gasteiger partial charge is 0.355 e. The number of hydrogen-bond donors (Lipinski definition) is 1. The number of aromatic nitrogens is 2. The predicted molar refractivity (Wildman–Crippen MR) is 90.8 cm³/mol. The molecule has 5 heteroatoms. The van der Waals surface area contributed by atoms with Crippen LogP contribution in [0.5, 0.6) is 0 Å². The highest BCUT2D eigenvalue weighted by Gasteiger charge is 2.08. The van der Waals surface area contributed by atoms with Crippen LogP contribution in [0.15, 0.2) is 41.6 Å². The number of hydrogen-bond acceptors (Lipinski definition) is 4. The van der Waals surface area contributed by atoms with Crippen LogP contribution < -0.4 is 5.32 Å². The summed E-state index contributed by atoms with van der Waals surface area (Å²) in [6, 6.07) is 12.0. The second kappa shape index (κ2) is 8.54. The lowest BCUT2D eigenvalue weighted by Crippen LogP contribution is -2.26. The van der Waals surface area contributed by atoms with E-state index in [1.807, 2.05) is 43.3 Å². The van der Waals surface area contributed by atoms with E-state index in [0.29, 0.717) is 10.9 Å². The fourth-order valence-electron chi connectivity index (χ4n) is 1.95. The molecule has 1 heterocycles. The maximum absolute atomic E-state index is 11.7. The maximum Gasteiger partial charge on any atom is 0.230 e. The molecule has 0 bridgehead atoms. The average Bonchev–Trinajstić information content (AvgIpc) is 2.53. The Morgan fingerprint density at radius 2 is 2.00 bits per heavy atom. The van der Waals surface area contributed by atoms with E-state index in [-0.39, 0.29) is 5.91 Å². The second-order valence-electron chi connectivity index (χ2n) is 5.04. The monoisotopic (exact) mass is 315 g/mol. The highest BCUT2D eigenvalue weighted by atomic mass is 32.2.